The Bertz CT molecular complexity index is 355. The molecular formula is C15H25NO4. The van der Waals surface area contributed by atoms with Crippen molar-refractivity contribution in [2.45, 2.75) is 32.6 Å². The summed E-state index contributed by atoms with van der Waals surface area (Å²) in [6.07, 6.45) is -0.693. The molecule has 0 saturated heterocycles. The topological polar surface area (TPSA) is 73.9 Å². The van der Waals surface area contributed by atoms with Gasteiger partial charge in [0.1, 0.15) is 18.5 Å². The average molecular weight is 283 g/mol. The van der Waals surface area contributed by atoms with Gasteiger partial charge in [-0.3, -0.25) is 0 Å². The first-order valence-corrected chi connectivity index (χ1v) is 6.95. The zero-order chi connectivity index (χ0) is 14.8. The molecule has 0 aliphatic rings. The molecule has 5 heteroatoms. The van der Waals surface area contributed by atoms with Crippen LogP contribution in [0, 0.1) is 0 Å². The van der Waals surface area contributed by atoms with E-state index in [2.05, 4.69) is 0 Å². The molecule has 0 saturated carbocycles. The van der Waals surface area contributed by atoms with Crippen LogP contribution in [0.15, 0.2) is 24.3 Å². The van der Waals surface area contributed by atoms with Gasteiger partial charge in [-0.15, -0.1) is 0 Å². The van der Waals surface area contributed by atoms with Gasteiger partial charge < -0.3 is 25.1 Å². The third-order valence-electron chi connectivity index (χ3n) is 2.73. The van der Waals surface area contributed by atoms with Crippen LogP contribution in [-0.2, 0) is 16.0 Å². The van der Waals surface area contributed by atoms with Crippen molar-refractivity contribution in [1.82, 2.24) is 0 Å². The Labute approximate surface area is 120 Å². The average Bonchev–Trinajstić information content (AvgIpc) is 2.49. The monoisotopic (exact) mass is 283 g/mol. The molecule has 0 spiro atoms. The van der Waals surface area contributed by atoms with Crippen LogP contribution in [0.3, 0.4) is 0 Å². The number of nitrogens with two attached hydrogens (primary N) is 1. The van der Waals surface area contributed by atoms with E-state index < -0.39 is 6.10 Å². The standard InChI is InChI=1S/C15H25NO4/c1-3-18-9-12(2)19-10-14(17)11-20-15-6-4-13(8-16)5-7-15/h4-7,12,14,17H,3,8-11,16H2,1-2H3. The van der Waals surface area contributed by atoms with E-state index in [0.29, 0.717) is 25.5 Å². The molecule has 0 amide bonds. The molecule has 2 unspecified atom stereocenters. The first-order valence-electron chi connectivity index (χ1n) is 6.95. The molecule has 0 heterocycles. The summed E-state index contributed by atoms with van der Waals surface area (Å²) in [5.74, 6) is 0.712. The smallest absolute Gasteiger partial charge is 0.119 e. The highest BCUT2D eigenvalue weighted by molar-refractivity contribution is 5.27. The summed E-state index contributed by atoms with van der Waals surface area (Å²) in [4.78, 5) is 0. The highest BCUT2D eigenvalue weighted by Gasteiger charge is 2.09. The highest BCUT2D eigenvalue weighted by atomic mass is 16.5. The molecule has 3 N–H and O–H groups in total. The van der Waals surface area contributed by atoms with Gasteiger partial charge in [-0.25, -0.2) is 0 Å². The van der Waals surface area contributed by atoms with Crippen LogP contribution < -0.4 is 10.5 Å². The summed E-state index contributed by atoms with van der Waals surface area (Å²) in [6, 6.07) is 7.49. The van der Waals surface area contributed by atoms with Gasteiger partial charge in [0.2, 0.25) is 0 Å². The molecule has 1 rings (SSSR count). The van der Waals surface area contributed by atoms with Crippen LogP contribution in [-0.4, -0.2) is 43.7 Å². The fourth-order valence-corrected chi connectivity index (χ4v) is 1.57. The Balaban J connectivity index is 2.20. The van der Waals surface area contributed by atoms with Gasteiger partial charge in [-0.1, -0.05) is 12.1 Å². The highest BCUT2D eigenvalue weighted by Crippen LogP contribution is 2.12. The van der Waals surface area contributed by atoms with Crippen molar-refractivity contribution in [3.8, 4) is 5.75 Å². The van der Waals surface area contributed by atoms with Gasteiger partial charge in [0.25, 0.3) is 0 Å². The Morgan fingerprint density at radius 2 is 1.85 bits per heavy atom. The van der Waals surface area contributed by atoms with Crippen LogP contribution in [0.4, 0.5) is 0 Å². The molecule has 114 valence electrons. The molecule has 20 heavy (non-hydrogen) atoms. The van der Waals surface area contributed by atoms with Gasteiger partial charge in [0.05, 0.1) is 19.3 Å². The minimum atomic E-state index is -0.659. The lowest BCUT2D eigenvalue weighted by atomic mass is 10.2. The third-order valence-corrected chi connectivity index (χ3v) is 2.73. The maximum absolute atomic E-state index is 9.77. The van der Waals surface area contributed by atoms with Crippen molar-refractivity contribution in [3.63, 3.8) is 0 Å². The lowest BCUT2D eigenvalue weighted by Crippen LogP contribution is -2.27. The van der Waals surface area contributed by atoms with E-state index in [1.54, 1.807) is 0 Å². The Morgan fingerprint density at radius 3 is 2.45 bits per heavy atom. The molecule has 2 atom stereocenters. The second-order valence-electron chi connectivity index (χ2n) is 4.62. The van der Waals surface area contributed by atoms with Crippen molar-refractivity contribution in [1.29, 1.82) is 0 Å². The quantitative estimate of drug-likeness (QED) is 0.677. The van der Waals surface area contributed by atoms with Crippen LogP contribution in [0.2, 0.25) is 0 Å². The fourth-order valence-electron chi connectivity index (χ4n) is 1.57. The zero-order valence-electron chi connectivity index (χ0n) is 12.2. The number of aliphatic hydroxyl groups is 1. The van der Waals surface area contributed by atoms with Crippen LogP contribution in [0.5, 0.6) is 5.75 Å². The second kappa shape index (κ2) is 9.72. The van der Waals surface area contributed by atoms with Gasteiger partial charge in [-0.2, -0.15) is 0 Å². The number of aliphatic hydroxyl groups excluding tert-OH is 1. The number of rotatable bonds is 10. The molecule has 0 aromatic heterocycles. The Hall–Kier alpha value is -1.14. The number of benzene rings is 1. The van der Waals surface area contributed by atoms with Crippen LogP contribution >= 0.6 is 0 Å². The summed E-state index contributed by atoms with van der Waals surface area (Å²) in [6.45, 7) is 5.98. The summed E-state index contributed by atoms with van der Waals surface area (Å²) in [5, 5.41) is 9.77. The predicted molar refractivity (Wildman–Crippen MR) is 77.7 cm³/mol. The Morgan fingerprint density at radius 1 is 1.15 bits per heavy atom. The maximum Gasteiger partial charge on any atom is 0.119 e. The van der Waals surface area contributed by atoms with E-state index in [9.17, 15) is 5.11 Å². The fraction of sp³-hybridized carbons (Fsp3) is 0.600. The largest absolute Gasteiger partial charge is 0.491 e. The van der Waals surface area contributed by atoms with E-state index in [1.165, 1.54) is 0 Å². The summed E-state index contributed by atoms with van der Waals surface area (Å²) in [5.41, 5.74) is 6.56. The third kappa shape index (κ3) is 6.86. The molecular weight excluding hydrogens is 258 g/mol. The summed E-state index contributed by atoms with van der Waals surface area (Å²) >= 11 is 0. The lowest BCUT2D eigenvalue weighted by molar-refractivity contribution is -0.0480. The molecule has 1 aromatic rings. The normalized spacial score (nSPS) is 14.0. The van der Waals surface area contributed by atoms with Gasteiger partial charge in [0.15, 0.2) is 0 Å². The molecule has 1 aromatic carbocycles. The second-order valence-corrected chi connectivity index (χ2v) is 4.62. The van der Waals surface area contributed by atoms with Crippen molar-refractivity contribution in [2.75, 3.05) is 26.4 Å². The first kappa shape index (κ1) is 16.9. The van der Waals surface area contributed by atoms with E-state index in [-0.39, 0.29) is 19.3 Å². The number of hydrogen-bond acceptors (Lipinski definition) is 5. The molecule has 0 bridgehead atoms. The predicted octanol–water partition coefficient (Wildman–Crippen LogP) is 1.33. The van der Waals surface area contributed by atoms with Crippen molar-refractivity contribution >= 4 is 0 Å². The van der Waals surface area contributed by atoms with E-state index in [4.69, 9.17) is 19.9 Å². The van der Waals surface area contributed by atoms with Crippen LogP contribution in [0.1, 0.15) is 19.4 Å². The molecule has 0 fully saturated rings. The molecule has 0 radical (unpaired) electrons. The lowest BCUT2D eigenvalue weighted by Gasteiger charge is -2.17. The van der Waals surface area contributed by atoms with Crippen LogP contribution in [0.25, 0.3) is 0 Å². The SMILES string of the molecule is CCOCC(C)OCC(O)COc1ccc(CN)cc1. The Kier molecular flexibility index (Phi) is 8.22. The maximum atomic E-state index is 9.77. The molecule has 0 aliphatic heterocycles. The molecule has 0 aliphatic carbocycles. The number of hydrogen-bond donors (Lipinski definition) is 2. The zero-order valence-corrected chi connectivity index (χ0v) is 12.2. The van der Waals surface area contributed by atoms with Gasteiger partial charge in [-0.05, 0) is 31.5 Å². The van der Waals surface area contributed by atoms with Crippen molar-refractivity contribution in [2.24, 2.45) is 5.73 Å². The van der Waals surface area contributed by atoms with Crippen molar-refractivity contribution < 1.29 is 19.3 Å². The first-order chi connectivity index (χ1) is 9.65. The number of ether oxygens (including phenoxy) is 3. The summed E-state index contributed by atoms with van der Waals surface area (Å²) < 4.78 is 16.2. The minimum absolute atomic E-state index is 0.0339. The summed E-state index contributed by atoms with van der Waals surface area (Å²) in [7, 11) is 0. The van der Waals surface area contributed by atoms with E-state index in [0.717, 1.165) is 5.56 Å². The molecule has 5 nitrogen and oxygen atoms in total. The van der Waals surface area contributed by atoms with Gasteiger partial charge in [0, 0.05) is 13.2 Å². The van der Waals surface area contributed by atoms with E-state index in [1.807, 2.05) is 38.1 Å². The van der Waals surface area contributed by atoms with Gasteiger partial charge >= 0.3 is 0 Å². The van der Waals surface area contributed by atoms with E-state index >= 15 is 0 Å². The van der Waals surface area contributed by atoms with Crippen molar-refractivity contribution in [3.05, 3.63) is 29.8 Å². The minimum Gasteiger partial charge on any atom is -0.491 e.